The molecule has 0 fully saturated rings. The maximum absolute atomic E-state index is 11.7. The average molecular weight is 274 g/mol. The SMILES string of the molecule is O=C(CCc1ccccc1)NCc1ccc(Cl)cc1. The predicted molar refractivity (Wildman–Crippen MR) is 78.1 cm³/mol. The molecule has 0 heterocycles. The van der Waals surface area contributed by atoms with E-state index in [1.54, 1.807) is 0 Å². The molecule has 0 aliphatic heterocycles. The second-order valence-corrected chi connectivity index (χ2v) is 4.83. The van der Waals surface area contributed by atoms with Gasteiger partial charge < -0.3 is 5.32 Å². The van der Waals surface area contributed by atoms with Crippen LogP contribution in [-0.4, -0.2) is 5.91 Å². The highest BCUT2D eigenvalue weighted by molar-refractivity contribution is 6.30. The molecule has 0 radical (unpaired) electrons. The lowest BCUT2D eigenvalue weighted by Crippen LogP contribution is -2.22. The normalized spacial score (nSPS) is 10.2. The van der Waals surface area contributed by atoms with Gasteiger partial charge in [0.1, 0.15) is 0 Å². The van der Waals surface area contributed by atoms with E-state index in [0.717, 1.165) is 12.0 Å². The van der Waals surface area contributed by atoms with Crippen LogP contribution in [0.1, 0.15) is 17.5 Å². The van der Waals surface area contributed by atoms with Crippen LogP contribution in [0, 0.1) is 0 Å². The molecule has 0 atom stereocenters. The van der Waals surface area contributed by atoms with Gasteiger partial charge in [0, 0.05) is 18.0 Å². The van der Waals surface area contributed by atoms with Gasteiger partial charge >= 0.3 is 0 Å². The summed E-state index contributed by atoms with van der Waals surface area (Å²) in [5.41, 5.74) is 2.24. The van der Waals surface area contributed by atoms with Crippen molar-refractivity contribution in [1.82, 2.24) is 5.32 Å². The monoisotopic (exact) mass is 273 g/mol. The number of rotatable bonds is 5. The molecule has 0 bridgehead atoms. The largest absolute Gasteiger partial charge is 0.352 e. The van der Waals surface area contributed by atoms with Crippen LogP contribution in [0.5, 0.6) is 0 Å². The van der Waals surface area contributed by atoms with E-state index in [0.29, 0.717) is 18.0 Å². The molecule has 2 nitrogen and oxygen atoms in total. The summed E-state index contributed by atoms with van der Waals surface area (Å²) >= 11 is 5.80. The lowest BCUT2D eigenvalue weighted by atomic mass is 10.1. The molecule has 19 heavy (non-hydrogen) atoms. The van der Waals surface area contributed by atoms with E-state index in [-0.39, 0.29) is 5.91 Å². The highest BCUT2D eigenvalue weighted by Crippen LogP contribution is 2.09. The van der Waals surface area contributed by atoms with E-state index >= 15 is 0 Å². The Hall–Kier alpha value is -1.80. The maximum atomic E-state index is 11.7. The van der Waals surface area contributed by atoms with Gasteiger partial charge in [-0.3, -0.25) is 4.79 Å². The first-order chi connectivity index (χ1) is 9.24. The quantitative estimate of drug-likeness (QED) is 0.886. The van der Waals surface area contributed by atoms with Crippen molar-refractivity contribution in [3.8, 4) is 0 Å². The molecule has 2 aromatic carbocycles. The van der Waals surface area contributed by atoms with Gasteiger partial charge in [-0.25, -0.2) is 0 Å². The molecule has 0 aliphatic carbocycles. The first kappa shape index (κ1) is 13.6. The zero-order valence-electron chi connectivity index (χ0n) is 10.6. The number of hydrogen-bond donors (Lipinski definition) is 1. The standard InChI is InChI=1S/C16H16ClNO/c17-15-9-6-14(7-10-15)12-18-16(19)11-8-13-4-2-1-3-5-13/h1-7,9-10H,8,11-12H2,(H,18,19). The van der Waals surface area contributed by atoms with Crippen molar-refractivity contribution in [1.29, 1.82) is 0 Å². The summed E-state index contributed by atoms with van der Waals surface area (Å²) in [6, 6.07) is 17.5. The first-order valence-electron chi connectivity index (χ1n) is 6.29. The first-order valence-corrected chi connectivity index (χ1v) is 6.67. The summed E-state index contributed by atoms with van der Waals surface area (Å²) in [5, 5.41) is 3.61. The molecule has 0 saturated carbocycles. The number of benzene rings is 2. The molecule has 98 valence electrons. The fourth-order valence-corrected chi connectivity index (χ4v) is 1.92. The molecule has 0 aromatic heterocycles. The smallest absolute Gasteiger partial charge is 0.220 e. The van der Waals surface area contributed by atoms with Gasteiger partial charge in [-0.15, -0.1) is 0 Å². The van der Waals surface area contributed by atoms with Crippen molar-refractivity contribution >= 4 is 17.5 Å². The molecule has 1 N–H and O–H groups in total. The highest BCUT2D eigenvalue weighted by Gasteiger charge is 2.02. The summed E-state index contributed by atoms with van der Waals surface area (Å²) in [5.74, 6) is 0.0683. The summed E-state index contributed by atoms with van der Waals surface area (Å²) in [7, 11) is 0. The van der Waals surface area contributed by atoms with Gasteiger partial charge in [0.05, 0.1) is 0 Å². The van der Waals surface area contributed by atoms with Crippen molar-refractivity contribution in [2.45, 2.75) is 19.4 Å². The van der Waals surface area contributed by atoms with E-state index in [1.165, 1.54) is 5.56 Å². The fraction of sp³-hybridized carbons (Fsp3) is 0.188. The summed E-state index contributed by atoms with van der Waals surface area (Å²) < 4.78 is 0. The van der Waals surface area contributed by atoms with Gasteiger partial charge in [0.15, 0.2) is 0 Å². The number of hydrogen-bond acceptors (Lipinski definition) is 1. The van der Waals surface area contributed by atoms with Crippen LogP contribution < -0.4 is 5.32 Å². The Kier molecular flexibility index (Phi) is 4.99. The summed E-state index contributed by atoms with van der Waals surface area (Å²) in [6.07, 6.45) is 1.28. The molecular weight excluding hydrogens is 258 g/mol. The molecule has 0 aliphatic rings. The van der Waals surface area contributed by atoms with Crippen molar-refractivity contribution in [2.24, 2.45) is 0 Å². The molecule has 2 rings (SSSR count). The molecule has 3 heteroatoms. The minimum atomic E-state index is 0.0683. The molecular formula is C16H16ClNO. The zero-order chi connectivity index (χ0) is 13.5. The van der Waals surface area contributed by atoms with Gasteiger partial charge in [-0.2, -0.15) is 0 Å². The molecule has 0 unspecified atom stereocenters. The van der Waals surface area contributed by atoms with Crippen LogP contribution in [0.25, 0.3) is 0 Å². The Morgan fingerprint density at radius 2 is 1.63 bits per heavy atom. The Balaban J connectivity index is 1.74. The predicted octanol–water partition coefficient (Wildman–Crippen LogP) is 3.59. The number of carbonyl (C=O) groups excluding carboxylic acids is 1. The number of amides is 1. The van der Waals surface area contributed by atoms with Crippen LogP contribution in [0.4, 0.5) is 0 Å². The summed E-state index contributed by atoms with van der Waals surface area (Å²) in [4.78, 5) is 11.7. The Labute approximate surface area is 118 Å². The second kappa shape index (κ2) is 6.95. The van der Waals surface area contributed by atoms with Gasteiger partial charge in [-0.1, -0.05) is 54.1 Å². The van der Waals surface area contributed by atoms with E-state index < -0.39 is 0 Å². The minimum Gasteiger partial charge on any atom is -0.352 e. The van der Waals surface area contributed by atoms with Gasteiger partial charge in [0.2, 0.25) is 5.91 Å². The van der Waals surface area contributed by atoms with Crippen LogP contribution in [0.3, 0.4) is 0 Å². The lowest BCUT2D eigenvalue weighted by Gasteiger charge is -2.05. The van der Waals surface area contributed by atoms with Crippen LogP contribution >= 0.6 is 11.6 Å². The van der Waals surface area contributed by atoms with Crippen molar-refractivity contribution in [3.05, 3.63) is 70.7 Å². The van der Waals surface area contributed by atoms with Crippen LogP contribution in [0.15, 0.2) is 54.6 Å². The molecule has 2 aromatic rings. The third-order valence-electron chi connectivity index (χ3n) is 2.89. The van der Waals surface area contributed by atoms with Crippen molar-refractivity contribution in [3.63, 3.8) is 0 Å². The van der Waals surface area contributed by atoms with E-state index in [2.05, 4.69) is 5.32 Å². The second-order valence-electron chi connectivity index (χ2n) is 4.39. The third kappa shape index (κ3) is 4.76. The Morgan fingerprint density at radius 3 is 2.32 bits per heavy atom. The molecule has 0 spiro atoms. The van der Waals surface area contributed by atoms with E-state index in [4.69, 9.17) is 11.6 Å². The number of carbonyl (C=O) groups is 1. The molecule has 0 saturated heterocycles. The topological polar surface area (TPSA) is 29.1 Å². The number of aryl methyl sites for hydroxylation is 1. The van der Waals surface area contributed by atoms with Crippen LogP contribution in [0.2, 0.25) is 5.02 Å². The fourth-order valence-electron chi connectivity index (χ4n) is 1.79. The van der Waals surface area contributed by atoms with E-state index in [9.17, 15) is 4.79 Å². The zero-order valence-corrected chi connectivity index (χ0v) is 11.4. The van der Waals surface area contributed by atoms with Gasteiger partial charge in [-0.05, 0) is 29.7 Å². The Morgan fingerprint density at radius 1 is 0.947 bits per heavy atom. The Bertz CT molecular complexity index is 522. The van der Waals surface area contributed by atoms with Crippen molar-refractivity contribution in [2.75, 3.05) is 0 Å². The third-order valence-corrected chi connectivity index (χ3v) is 3.14. The minimum absolute atomic E-state index is 0.0683. The average Bonchev–Trinajstić information content (AvgIpc) is 2.45. The number of halogens is 1. The van der Waals surface area contributed by atoms with E-state index in [1.807, 2.05) is 54.6 Å². The lowest BCUT2D eigenvalue weighted by molar-refractivity contribution is -0.121. The van der Waals surface area contributed by atoms with Gasteiger partial charge in [0.25, 0.3) is 0 Å². The van der Waals surface area contributed by atoms with Crippen molar-refractivity contribution < 1.29 is 4.79 Å². The highest BCUT2D eigenvalue weighted by atomic mass is 35.5. The number of nitrogens with one attached hydrogen (secondary N) is 1. The summed E-state index contributed by atoms with van der Waals surface area (Å²) in [6.45, 7) is 0.546. The molecule has 1 amide bonds. The van der Waals surface area contributed by atoms with Crippen LogP contribution in [-0.2, 0) is 17.8 Å². The maximum Gasteiger partial charge on any atom is 0.220 e.